The smallest absolute Gasteiger partial charge is 0.251 e. The second-order valence-corrected chi connectivity index (χ2v) is 3.96. The van der Waals surface area contributed by atoms with Gasteiger partial charge in [0, 0.05) is 22.4 Å². The number of hydrogen-bond donors (Lipinski definition) is 1. The molecule has 0 atom stereocenters. The molecule has 0 saturated carbocycles. The number of rotatable bonds is 3. The molecule has 0 aliphatic carbocycles. The van der Waals surface area contributed by atoms with Gasteiger partial charge in [0.1, 0.15) is 11.5 Å². The van der Waals surface area contributed by atoms with Gasteiger partial charge in [-0.1, -0.05) is 0 Å². The minimum atomic E-state index is 0.160. The third-order valence-corrected chi connectivity index (χ3v) is 3.06. The molecule has 6 heteroatoms. The average molecular weight is 262 g/mol. The second kappa shape index (κ2) is 5.01. The Morgan fingerprint density at radius 2 is 1.74 bits per heavy atom. The molecule has 0 aromatic heterocycles. The largest absolute Gasteiger partial charge is 0.592 e. The molecule has 1 N–H and O–H groups in total. The predicted octanol–water partition coefficient (Wildman–Crippen LogP) is 3.15. The quantitative estimate of drug-likeness (QED) is 0.523. The summed E-state index contributed by atoms with van der Waals surface area (Å²) in [7, 11) is 3.13. The highest BCUT2D eigenvalue weighted by molar-refractivity contribution is 5.97. The molecule has 0 radical (unpaired) electrons. The number of fused-ring (bicyclic) bond motifs is 1. The Kier molecular flexibility index (Phi) is 3.41. The first-order valence-corrected chi connectivity index (χ1v) is 5.60. The maximum absolute atomic E-state index is 11.5. The number of ether oxygens (including phenoxy) is 2. The Balaban J connectivity index is 2.87. The molecule has 0 fully saturated rings. The first-order valence-electron chi connectivity index (χ1n) is 5.60. The first-order chi connectivity index (χ1) is 9.13. The van der Waals surface area contributed by atoms with Crippen LogP contribution in [0.3, 0.4) is 0 Å². The standard InChI is InChI=1S/C13H14N2O4/c1-8-10(15(17)14-16)5-4-9-11(18-2)6-7-12(19-3)13(8)9/h4-7,16H,1-3H3. The van der Waals surface area contributed by atoms with Crippen LogP contribution in [0.25, 0.3) is 10.8 Å². The molecule has 0 saturated heterocycles. The lowest BCUT2D eigenvalue weighted by molar-refractivity contribution is -0.474. The van der Waals surface area contributed by atoms with E-state index in [1.54, 1.807) is 45.4 Å². The van der Waals surface area contributed by atoms with Crippen molar-refractivity contribution < 1.29 is 19.5 Å². The number of hydrogen-bond acceptors (Lipinski definition) is 4. The van der Waals surface area contributed by atoms with Crippen LogP contribution in [0.4, 0.5) is 5.69 Å². The fraction of sp³-hybridized carbons (Fsp3) is 0.231. The van der Waals surface area contributed by atoms with Crippen molar-refractivity contribution >= 4 is 16.5 Å². The second-order valence-electron chi connectivity index (χ2n) is 3.96. The van der Waals surface area contributed by atoms with Crippen molar-refractivity contribution in [1.82, 2.24) is 0 Å². The van der Waals surface area contributed by atoms with Gasteiger partial charge < -0.3 is 19.9 Å². The lowest BCUT2D eigenvalue weighted by Crippen LogP contribution is -1.97. The van der Waals surface area contributed by atoms with Gasteiger partial charge >= 0.3 is 0 Å². The zero-order valence-electron chi connectivity index (χ0n) is 10.9. The van der Waals surface area contributed by atoms with Gasteiger partial charge in [-0.15, -0.1) is 0 Å². The zero-order valence-corrected chi connectivity index (χ0v) is 10.9. The summed E-state index contributed by atoms with van der Waals surface area (Å²) in [5.74, 6) is 1.31. The highest BCUT2D eigenvalue weighted by atomic mass is 16.6. The maximum atomic E-state index is 11.5. The number of methoxy groups -OCH3 is 2. The molecule has 2 aromatic carbocycles. The van der Waals surface area contributed by atoms with Gasteiger partial charge in [-0.3, -0.25) is 0 Å². The van der Waals surface area contributed by atoms with Crippen LogP contribution >= 0.6 is 0 Å². The summed E-state index contributed by atoms with van der Waals surface area (Å²) in [6.07, 6.45) is 0. The minimum absolute atomic E-state index is 0.160. The van der Waals surface area contributed by atoms with Crippen LogP contribution in [0, 0.1) is 12.1 Å². The van der Waals surface area contributed by atoms with E-state index in [-0.39, 0.29) is 10.5 Å². The van der Waals surface area contributed by atoms with E-state index in [1.807, 2.05) is 0 Å². The molecular formula is C13H14N2O4. The van der Waals surface area contributed by atoms with Crippen LogP contribution < -0.4 is 9.47 Å². The summed E-state index contributed by atoms with van der Waals surface area (Å²) in [6.45, 7) is 1.76. The molecule has 0 bridgehead atoms. The topological polar surface area (TPSA) is 77.1 Å². The summed E-state index contributed by atoms with van der Waals surface area (Å²) >= 11 is 0. The highest BCUT2D eigenvalue weighted by Gasteiger charge is 2.17. The van der Waals surface area contributed by atoms with Crippen molar-refractivity contribution in [2.75, 3.05) is 14.2 Å². The van der Waals surface area contributed by atoms with E-state index in [1.165, 1.54) is 0 Å². The van der Waals surface area contributed by atoms with Gasteiger partial charge in [-0.25, -0.2) is 0 Å². The van der Waals surface area contributed by atoms with Crippen LogP contribution in [0.1, 0.15) is 5.56 Å². The van der Waals surface area contributed by atoms with E-state index in [0.29, 0.717) is 17.1 Å². The predicted molar refractivity (Wildman–Crippen MR) is 69.3 cm³/mol. The van der Waals surface area contributed by atoms with E-state index in [0.717, 1.165) is 10.8 Å². The summed E-state index contributed by atoms with van der Waals surface area (Å²) in [5.41, 5.74) is 0.905. The van der Waals surface area contributed by atoms with Gasteiger partial charge in [-0.2, -0.15) is 0 Å². The van der Waals surface area contributed by atoms with Crippen LogP contribution in [0.2, 0.25) is 0 Å². The summed E-state index contributed by atoms with van der Waals surface area (Å²) in [5, 5.41) is 24.3. The molecule has 0 aliphatic rings. The molecule has 19 heavy (non-hydrogen) atoms. The van der Waals surface area contributed by atoms with Crippen molar-refractivity contribution in [3.8, 4) is 11.5 Å². The summed E-state index contributed by atoms with van der Waals surface area (Å²) in [4.78, 5) is 0.160. The Labute approximate surface area is 110 Å². The first kappa shape index (κ1) is 12.9. The molecular weight excluding hydrogens is 248 g/mol. The van der Waals surface area contributed by atoms with E-state index >= 15 is 0 Å². The lowest BCUT2D eigenvalue weighted by atomic mass is 10.0. The van der Waals surface area contributed by atoms with Gasteiger partial charge in [0.25, 0.3) is 5.69 Å². The summed E-state index contributed by atoms with van der Waals surface area (Å²) < 4.78 is 10.6. The molecule has 0 heterocycles. The van der Waals surface area contributed by atoms with Gasteiger partial charge in [0.15, 0.2) is 0 Å². The van der Waals surface area contributed by atoms with Crippen LogP contribution in [0.15, 0.2) is 29.5 Å². The van der Waals surface area contributed by atoms with Crippen LogP contribution in [-0.4, -0.2) is 24.3 Å². The third-order valence-electron chi connectivity index (χ3n) is 3.06. The van der Waals surface area contributed by atoms with Crippen molar-refractivity contribution in [2.24, 2.45) is 5.28 Å². The molecule has 2 aromatic rings. The molecule has 0 aliphatic heterocycles. The van der Waals surface area contributed by atoms with E-state index < -0.39 is 0 Å². The van der Waals surface area contributed by atoms with E-state index in [2.05, 4.69) is 5.28 Å². The van der Waals surface area contributed by atoms with Gasteiger partial charge in [0.2, 0.25) is 5.28 Å². The van der Waals surface area contributed by atoms with Crippen LogP contribution in [-0.2, 0) is 0 Å². The van der Waals surface area contributed by atoms with E-state index in [9.17, 15) is 5.21 Å². The Morgan fingerprint density at radius 3 is 2.32 bits per heavy atom. The fourth-order valence-corrected chi connectivity index (χ4v) is 2.15. The van der Waals surface area contributed by atoms with Gasteiger partial charge in [0.05, 0.1) is 14.2 Å². The highest BCUT2D eigenvalue weighted by Crippen LogP contribution is 2.38. The van der Waals surface area contributed by atoms with Crippen molar-refractivity contribution in [2.45, 2.75) is 6.92 Å². The molecule has 2 rings (SSSR count). The normalized spacial score (nSPS) is 11.6. The molecule has 0 amide bonds. The third kappa shape index (κ3) is 2.01. The SMILES string of the molecule is COc1ccc(OC)c2c(C)c([N+]([O-])=NO)ccc12. The van der Waals surface area contributed by atoms with E-state index in [4.69, 9.17) is 14.7 Å². The Bertz CT molecular complexity index is 653. The van der Waals surface area contributed by atoms with Gasteiger partial charge in [-0.05, 0) is 30.0 Å². The molecule has 0 unspecified atom stereocenters. The Hall–Kier alpha value is -2.50. The lowest BCUT2D eigenvalue weighted by Gasteiger charge is -2.12. The fourth-order valence-electron chi connectivity index (χ4n) is 2.15. The zero-order chi connectivity index (χ0) is 14.0. The number of nitrogens with zero attached hydrogens (tertiary/aromatic N) is 2. The summed E-state index contributed by atoms with van der Waals surface area (Å²) in [6, 6.07) is 6.87. The van der Waals surface area contributed by atoms with Crippen molar-refractivity contribution in [3.05, 3.63) is 35.0 Å². The van der Waals surface area contributed by atoms with Crippen LogP contribution in [0.5, 0.6) is 11.5 Å². The van der Waals surface area contributed by atoms with Crippen molar-refractivity contribution in [1.29, 1.82) is 0 Å². The molecule has 100 valence electrons. The molecule has 0 spiro atoms. The molecule has 6 nitrogen and oxygen atoms in total. The minimum Gasteiger partial charge on any atom is -0.592 e. The average Bonchev–Trinajstić information content (AvgIpc) is 2.45. The monoisotopic (exact) mass is 262 g/mol. The number of benzene rings is 2. The number of aryl methyl sites for hydroxylation is 1. The Morgan fingerprint density at radius 1 is 1.11 bits per heavy atom. The van der Waals surface area contributed by atoms with Crippen molar-refractivity contribution in [3.63, 3.8) is 0 Å². The maximum Gasteiger partial charge on any atom is 0.251 e.